The lowest BCUT2D eigenvalue weighted by molar-refractivity contribution is -0.130. The van der Waals surface area contributed by atoms with Gasteiger partial charge in [-0.15, -0.1) is 0 Å². The molecule has 23 heavy (non-hydrogen) atoms. The van der Waals surface area contributed by atoms with Crippen molar-refractivity contribution in [3.8, 4) is 11.4 Å². The summed E-state index contributed by atoms with van der Waals surface area (Å²) in [5, 5.41) is 4.32. The van der Waals surface area contributed by atoms with E-state index in [1.54, 1.807) is 13.1 Å². The Labute approximate surface area is 136 Å². The van der Waals surface area contributed by atoms with Crippen LogP contribution in [0.15, 0.2) is 18.3 Å². The third kappa shape index (κ3) is 3.25. The summed E-state index contributed by atoms with van der Waals surface area (Å²) < 4.78 is 1.94. The lowest BCUT2D eigenvalue weighted by Crippen LogP contribution is -2.37. The topological polar surface area (TPSA) is 63.9 Å². The highest BCUT2D eigenvalue weighted by Gasteiger charge is 2.24. The summed E-state index contributed by atoms with van der Waals surface area (Å²) in [5.74, 6) is 1.19. The van der Waals surface area contributed by atoms with E-state index in [0.29, 0.717) is 0 Å². The summed E-state index contributed by atoms with van der Waals surface area (Å²) in [7, 11) is 0. The van der Waals surface area contributed by atoms with E-state index in [0.717, 1.165) is 55.4 Å². The fourth-order valence-corrected chi connectivity index (χ4v) is 3.24. The molecular formula is C17H23N5O. The molecule has 0 N–H and O–H groups in total. The third-order valence-corrected chi connectivity index (χ3v) is 4.42. The Morgan fingerprint density at radius 2 is 2.22 bits per heavy atom. The van der Waals surface area contributed by atoms with Crippen LogP contribution in [0.1, 0.15) is 44.1 Å². The van der Waals surface area contributed by atoms with E-state index in [1.165, 1.54) is 0 Å². The highest BCUT2D eigenvalue weighted by atomic mass is 16.2. The standard InChI is InChI=1S/C17H23N5O/c1-4-22-17(7-8-18-22)16-10-15(19-12(2)20-16)14-6-5-9-21(11-14)13(3)23/h7-8,10,14H,4-6,9,11H2,1-3H3. The van der Waals surface area contributed by atoms with Crippen molar-refractivity contribution in [2.45, 2.75) is 46.1 Å². The average molecular weight is 313 g/mol. The fourth-order valence-electron chi connectivity index (χ4n) is 3.24. The van der Waals surface area contributed by atoms with Gasteiger partial charge >= 0.3 is 0 Å². The van der Waals surface area contributed by atoms with E-state index in [2.05, 4.69) is 28.1 Å². The monoisotopic (exact) mass is 313 g/mol. The third-order valence-electron chi connectivity index (χ3n) is 4.42. The first kappa shape index (κ1) is 15.6. The van der Waals surface area contributed by atoms with Crippen LogP contribution in [0.3, 0.4) is 0 Å². The average Bonchev–Trinajstić information content (AvgIpc) is 3.03. The van der Waals surface area contributed by atoms with E-state index >= 15 is 0 Å². The largest absolute Gasteiger partial charge is 0.342 e. The lowest BCUT2D eigenvalue weighted by Gasteiger charge is -2.31. The van der Waals surface area contributed by atoms with Gasteiger partial charge in [0.2, 0.25) is 5.91 Å². The van der Waals surface area contributed by atoms with Crippen LogP contribution in [-0.2, 0) is 11.3 Å². The first-order valence-corrected chi connectivity index (χ1v) is 8.21. The highest BCUT2D eigenvalue weighted by molar-refractivity contribution is 5.73. The van der Waals surface area contributed by atoms with Crippen molar-refractivity contribution in [3.63, 3.8) is 0 Å². The Balaban J connectivity index is 1.93. The summed E-state index contributed by atoms with van der Waals surface area (Å²) in [4.78, 5) is 22.8. The van der Waals surface area contributed by atoms with E-state index in [4.69, 9.17) is 0 Å². The number of aromatic nitrogens is 4. The number of likely N-dealkylation sites (tertiary alicyclic amines) is 1. The van der Waals surface area contributed by atoms with Gasteiger partial charge in [0.25, 0.3) is 0 Å². The molecule has 1 aliphatic heterocycles. The molecule has 2 aromatic heterocycles. The zero-order valence-corrected chi connectivity index (χ0v) is 14.0. The number of nitrogens with zero attached hydrogens (tertiary/aromatic N) is 5. The molecule has 1 fully saturated rings. The summed E-state index contributed by atoms with van der Waals surface area (Å²) in [5.41, 5.74) is 2.95. The Morgan fingerprint density at radius 3 is 2.96 bits per heavy atom. The maximum absolute atomic E-state index is 11.7. The minimum atomic E-state index is 0.143. The molecule has 1 saturated heterocycles. The van der Waals surface area contributed by atoms with Crippen LogP contribution in [0.2, 0.25) is 0 Å². The summed E-state index contributed by atoms with van der Waals surface area (Å²) in [6.07, 6.45) is 3.89. The van der Waals surface area contributed by atoms with E-state index in [9.17, 15) is 4.79 Å². The number of hydrogen-bond donors (Lipinski definition) is 0. The minimum Gasteiger partial charge on any atom is -0.342 e. The summed E-state index contributed by atoms with van der Waals surface area (Å²) >= 11 is 0. The van der Waals surface area contributed by atoms with Gasteiger partial charge in [0.15, 0.2) is 0 Å². The maximum atomic E-state index is 11.7. The predicted octanol–water partition coefficient (Wildman–Crippen LogP) is 2.39. The molecule has 3 heterocycles. The smallest absolute Gasteiger partial charge is 0.219 e. The maximum Gasteiger partial charge on any atom is 0.219 e. The Morgan fingerprint density at radius 1 is 1.39 bits per heavy atom. The van der Waals surface area contributed by atoms with Crippen molar-refractivity contribution in [2.75, 3.05) is 13.1 Å². The number of aryl methyl sites for hydroxylation is 2. The van der Waals surface area contributed by atoms with Crippen LogP contribution in [0.25, 0.3) is 11.4 Å². The summed E-state index contributed by atoms with van der Waals surface area (Å²) in [6, 6.07) is 4.04. The zero-order valence-electron chi connectivity index (χ0n) is 14.0. The van der Waals surface area contributed by atoms with Gasteiger partial charge in [-0.1, -0.05) is 0 Å². The second kappa shape index (κ2) is 6.48. The molecule has 6 nitrogen and oxygen atoms in total. The number of piperidine rings is 1. The second-order valence-corrected chi connectivity index (χ2v) is 6.06. The normalized spacial score (nSPS) is 18.2. The first-order valence-electron chi connectivity index (χ1n) is 8.21. The molecule has 1 aliphatic rings. The van der Waals surface area contributed by atoms with Gasteiger partial charge in [-0.2, -0.15) is 5.10 Å². The van der Waals surface area contributed by atoms with Gasteiger partial charge in [-0.05, 0) is 38.8 Å². The number of carbonyl (C=O) groups excluding carboxylic acids is 1. The van der Waals surface area contributed by atoms with Crippen LogP contribution in [-0.4, -0.2) is 43.6 Å². The molecule has 2 aromatic rings. The van der Waals surface area contributed by atoms with Gasteiger partial charge in [0, 0.05) is 44.4 Å². The Kier molecular flexibility index (Phi) is 4.41. The van der Waals surface area contributed by atoms with E-state index in [-0.39, 0.29) is 11.8 Å². The van der Waals surface area contributed by atoms with Crippen molar-refractivity contribution in [3.05, 3.63) is 29.8 Å². The fraction of sp³-hybridized carbons (Fsp3) is 0.529. The van der Waals surface area contributed by atoms with Gasteiger partial charge < -0.3 is 4.90 Å². The molecule has 0 spiro atoms. The lowest BCUT2D eigenvalue weighted by atomic mass is 9.94. The molecule has 1 amide bonds. The van der Waals surface area contributed by atoms with E-state index < -0.39 is 0 Å². The molecule has 0 radical (unpaired) electrons. The SMILES string of the molecule is CCn1nccc1-c1cc(C2CCCN(C(C)=O)C2)nc(C)n1. The summed E-state index contributed by atoms with van der Waals surface area (Å²) in [6.45, 7) is 8.04. The quantitative estimate of drug-likeness (QED) is 0.873. The van der Waals surface area contributed by atoms with Gasteiger partial charge in [0.1, 0.15) is 5.82 Å². The molecule has 0 bridgehead atoms. The van der Waals surface area contributed by atoms with Crippen molar-refractivity contribution in [1.82, 2.24) is 24.6 Å². The Bertz CT molecular complexity index is 709. The molecular weight excluding hydrogens is 290 g/mol. The molecule has 0 aromatic carbocycles. The van der Waals surface area contributed by atoms with E-state index in [1.807, 2.05) is 22.6 Å². The molecule has 0 saturated carbocycles. The number of amides is 1. The second-order valence-electron chi connectivity index (χ2n) is 6.06. The van der Waals surface area contributed by atoms with Crippen LogP contribution in [0.5, 0.6) is 0 Å². The molecule has 122 valence electrons. The van der Waals surface area contributed by atoms with Crippen molar-refractivity contribution >= 4 is 5.91 Å². The van der Waals surface area contributed by atoms with Crippen LogP contribution >= 0.6 is 0 Å². The van der Waals surface area contributed by atoms with Gasteiger partial charge in [-0.3, -0.25) is 9.48 Å². The van der Waals surface area contributed by atoms with Crippen LogP contribution < -0.4 is 0 Å². The molecule has 1 unspecified atom stereocenters. The van der Waals surface area contributed by atoms with Crippen molar-refractivity contribution in [1.29, 1.82) is 0 Å². The Hall–Kier alpha value is -2.24. The first-order chi connectivity index (χ1) is 11.1. The molecule has 6 heteroatoms. The van der Waals surface area contributed by atoms with Crippen LogP contribution in [0, 0.1) is 6.92 Å². The molecule has 3 rings (SSSR count). The zero-order chi connectivity index (χ0) is 16.4. The highest BCUT2D eigenvalue weighted by Crippen LogP contribution is 2.28. The predicted molar refractivity (Wildman–Crippen MR) is 87.9 cm³/mol. The van der Waals surface area contributed by atoms with Crippen molar-refractivity contribution in [2.24, 2.45) is 0 Å². The van der Waals surface area contributed by atoms with Gasteiger partial charge in [0.05, 0.1) is 11.4 Å². The number of hydrogen-bond acceptors (Lipinski definition) is 4. The molecule has 1 atom stereocenters. The molecule has 0 aliphatic carbocycles. The minimum absolute atomic E-state index is 0.143. The number of rotatable bonds is 3. The van der Waals surface area contributed by atoms with Crippen LogP contribution in [0.4, 0.5) is 0 Å². The number of carbonyl (C=O) groups is 1. The van der Waals surface area contributed by atoms with Crippen molar-refractivity contribution < 1.29 is 4.79 Å². The van der Waals surface area contributed by atoms with Gasteiger partial charge in [-0.25, -0.2) is 9.97 Å².